The lowest BCUT2D eigenvalue weighted by Gasteiger charge is -2.15. The summed E-state index contributed by atoms with van der Waals surface area (Å²) in [5.41, 5.74) is 8.51. The van der Waals surface area contributed by atoms with Crippen molar-refractivity contribution in [2.75, 3.05) is 18.0 Å². The number of nitrogens with zero attached hydrogens (tertiary/aromatic N) is 2. The number of aryl methyl sites for hydroxylation is 1. The average molecular weight is 271 g/mol. The third kappa shape index (κ3) is 2.10. The molecule has 2 aromatic rings. The second-order valence-electron chi connectivity index (χ2n) is 5.08. The SMILES string of the molecule is Cc1cc(C(=O)N2CC(CCN)c3ccccc32)on1. The minimum absolute atomic E-state index is 0.141. The molecule has 0 fully saturated rings. The summed E-state index contributed by atoms with van der Waals surface area (Å²) in [6.07, 6.45) is 0.871. The molecule has 0 saturated carbocycles. The first kappa shape index (κ1) is 12.9. The van der Waals surface area contributed by atoms with Crippen molar-refractivity contribution < 1.29 is 9.32 Å². The van der Waals surface area contributed by atoms with Gasteiger partial charge in [0.1, 0.15) is 0 Å². The summed E-state index contributed by atoms with van der Waals surface area (Å²) in [4.78, 5) is 14.3. The maximum Gasteiger partial charge on any atom is 0.296 e. The second kappa shape index (κ2) is 5.09. The first-order chi connectivity index (χ1) is 9.70. The first-order valence-electron chi connectivity index (χ1n) is 6.75. The highest BCUT2D eigenvalue weighted by molar-refractivity contribution is 6.05. The van der Waals surface area contributed by atoms with E-state index in [9.17, 15) is 4.79 Å². The van der Waals surface area contributed by atoms with Gasteiger partial charge in [0.05, 0.1) is 5.69 Å². The zero-order chi connectivity index (χ0) is 14.1. The fourth-order valence-corrected chi connectivity index (χ4v) is 2.73. The molecule has 2 N–H and O–H groups in total. The van der Waals surface area contributed by atoms with Gasteiger partial charge >= 0.3 is 0 Å². The van der Waals surface area contributed by atoms with Gasteiger partial charge in [0, 0.05) is 24.2 Å². The summed E-state index contributed by atoms with van der Waals surface area (Å²) in [5.74, 6) is 0.437. The van der Waals surface area contributed by atoms with Crippen LogP contribution in [0.5, 0.6) is 0 Å². The van der Waals surface area contributed by atoms with E-state index >= 15 is 0 Å². The highest BCUT2D eigenvalue weighted by atomic mass is 16.5. The van der Waals surface area contributed by atoms with Crippen LogP contribution in [0.1, 0.15) is 34.2 Å². The molecule has 1 amide bonds. The van der Waals surface area contributed by atoms with Gasteiger partial charge in [-0.15, -0.1) is 0 Å². The number of hydrogen-bond acceptors (Lipinski definition) is 4. The summed E-state index contributed by atoms with van der Waals surface area (Å²) < 4.78 is 5.08. The van der Waals surface area contributed by atoms with Crippen molar-refractivity contribution in [2.24, 2.45) is 5.73 Å². The number of carbonyl (C=O) groups is 1. The van der Waals surface area contributed by atoms with Crippen molar-refractivity contribution in [3.8, 4) is 0 Å². The van der Waals surface area contributed by atoms with Gasteiger partial charge in [-0.3, -0.25) is 4.79 Å². The zero-order valence-electron chi connectivity index (χ0n) is 11.4. The number of fused-ring (bicyclic) bond motifs is 1. The number of amides is 1. The van der Waals surface area contributed by atoms with Crippen LogP contribution in [-0.4, -0.2) is 24.2 Å². The Labute approximate surface area is 117 Å². The van der Waals surface area contributed by atoms with E-state index < -0.39 is 0 Å². The van der Waals surface area contributed by atoms with E-state index in [1.807, 2.05) is 18.2 Å². The molecule has 1 aliphatic heterocycles. The van der Waals surface area contributed by atoms with Crippen molar-refractivity contribution in [3.63, 3.8) is 0 Å². The van der Waals surface area contributed by atoms with E-state index in [2.05, 4.69) is 11.2 Å². The molecular weight excluding hydrogens is 254 g/mol. The molecule has 0 aliphatic carbocycles. The van der Waals surface area contributed by atoms with Crippen molar-refractivity contribution in [3.05, 3.63) is 47.3 Å². The van der Waals surface area contributed by atoms with E-state index in [0.717, 1.165) is 12.1 Å². The normalized spacial score (nSPS) is 17.3. The lowest BCUT2D eigenvalue weighted by molar-refractivity contribution is 0.0952. The molecule has 1 aliphatic rings. The van der Waals surface area contributed by atoms with Crippen LogP contribution in [0.4, 0.5) is 5.69 Å². The van der Waals surface area contributed by atoms with E-state index in [-0.39, 0.29) is 11.7 Å². The van der Waals surface area contributed by atoms with Crippen molar-refractivity contribution >= 4 is 11.6 Å². The first-order valence-corrected chi connectivity index (χ1v) is 6.75. The van der Waals surface area contributed by atoms with Gasteiger partial charge in [-0.1, -0.05) is 23.4 Å². The number of anilines is 1. The Morgan fingerprint density at radius 3 is 3.00 bits per heavy atom. The number of aromatic nitrogens is 1. The molecule has 2 heterocycles. The second-order valence-corrected chi connectivity index (χ2v) is 5.08. The maximum atomic E-state index is 12.5. The largest absolute Gasteiger partial charge is 0.351 e. The Morgan fingerprint density at radius 2 is 2.30 bits per heavy atom. The molecule has 3 rings (SSSR count). The molecule has 1 unspecified atom stereocenters. The number of para-hydroxylation sites is 1. The van der Waals surface area contributed by atoms with Crippen LogP contribution in [0, 0.1) is 6.92 Å². The molecule has 0 radical (unpaired) electrons. The molecule has 20 heavy (non-hydrogen) atoms. The van der Waals surface area contributed by atoms with Crippen LogP contribution in [-0.2, 0) is 0 Å². The highest BCUT2D eigenvalue weighted by Crippen LogP contribution is 2.38. The molecule has 1 aromatic heterocycles. The van der Waals surface area contributed by atoms with Gasteiger partial charge in [0.2, 0.25) is 5.76 Å². The average Bonchev–Trinajstić information content (AvgIpc) is 3.04. The molecule has 0 bridgehead atoms. The predicted molar refractivity (Wildman–Crippen MR) is 75.8 cm³/mol. The summed E-state index contributed by atoms with van der Waals surface area (Å²) in [6, 6.07) is 9.63. The number of nitrogens with two attached hydrogens (primary N) is 1. The minimum Gasteiger partial charge on any atom is -0.351 e. The third-order valence-corrected chi connectivity index (χ3v) is 3.67. The van der Waals surface area contributed by atoms with E-state index in [1.165, 1.54) is 5.56 Å². The Morgan fingerprint density at radius 1 is 1.50 bits per heavy atom. The topological polar surface area (TPSA) is 72.4 Å². The summed E-state index contributed by atoms with van der Waals surface area (Å²) in [5, 5.41) is 3.78. The van der Waals surface area contributed by atoms with Crippen molar-refractivity contribution in [1.29, 1.82) is 0 Å². The molecule has 1 aromatic carbocycles. The van der Waals surface area contributed by atoms with Gasteiger partial charge in [0.25, 0.3) is 5.91 Å². The molecule has 5 heteroatoms. The van der Waals surface area contributed by atoms with Crippen LogP contribution in [0.3, 0.4) is 0 Å². The lowest BCUT2D eigenvalue weighted by Crippen LogP contribution is -2.29. The number of benzene rings is 1. The van der Waals surface area contributed by atoms with Crippen LogP contribution in [0.15, 0.2) is 34.9 Å². The maximum absolute atomic E-state index is 12.5. The van der Waals surface area contributed by atoms with Crippen LogP contribution < -0.4 is 10.6 Å². The Kier molecular flexibility index (Phi) is 3.28. The summed E-state index contributed by atoms with van der Waals surface area (Å²) >= 11 is 0. The molecular formula is C15H17N3O2. The number of carbonyl (C=O) groups excluding carboxylic acids is 1. The third-order valence-electron chi connectivity index (χ3n) is 3.67. The molecule has 5 nitrogen and oxygen atoms in total. The summed E-state index contributed by atoms with van der Waals surface area (Å²) in [6.45, 7) is 3.06. The van der Waals surface area contributed by atoms with Gasteiger partial charge in [-0.2, -0.15) is 0 Å². The Bertz CT molecular complexity index is 636. The van der Waals surface area contributed by atoms with Crippen molar-refractivity contribution in [2.45, 2.75) is 19.3 Å². The molecule has 1 atom stereocenters. The summed E-state index contributed by atoms with van der Waals surface area (Å²) in [7, 11) is 0. The fraction of sp³-hybridized carbons (Fsp3) is 0.333. The molecule has 104 valence electrons. The smallest absolute Gasteiger partial charge is 0.296 e. The van der Waals surface area contributed by atoms with Crippen LogP contribution in [0.25, 0.3) is 0 Å². The zero-order valence-corrected chi connectivity index (χ0v) is 11.4. The Balaban J connectivity index is 1.93. The number of hydrogen-bond donors (Lipinski definition) is 1. The van der Waals surface area contributed by atoms with Gasteiger partial charge in [0.15, 0.2) is 0 Å². The quantitative estimate of drug-likeness (QED) is 0.927. The lowest BCUT2D eigenvalue weighted by atomic mass is 9.98. The minimum atomic E-state index is -0.141. The Hall–Kier alpha value is -2.14. The highest BCUT2D eigenvalue weighted by Gasteiger charge is 2.33. The van der Waals surface area contributed by atoms with E-state index in [1.54, 1.807) is 17.9 Å². The fourth-order valence-electron chi connectivity index (χ4n) is 2.73. The van der Waals surface area contributed by atoms with Crippen molar-refractivity contribution in [1.82, 2.24) is 5.16 Å². The van der Waals surface area contributed by atoms with Gasteiger partial charge < -0.3 is 15.2 Å². The van der Waals surface area contributed by atoms with Crippen LogP contribution in [0.2, 0.25) is 0 Å². The van der Waals surface area contributed by atoms with E-state index in [4.69, 9.17) is 10.3 Å². The number of rotatable bonds is 3. The van der Waals surface area contributed by atoms with Gasteiger partial charge in [-0.25, -0.2) is 0 Å². The van der Waals surface area contributed by atoms with Crippen LogP contribution >= 0.6 is 0 Å². The standard InChI is InChI=1S/C15H17N3O2/c1-10-8-14(20-17-10)15(19)18-9-11(6-7-16)12-4-2-3-5-13(12)18/h2-5,8,11H,6-7,9,16H2,1H3. The molecule has 0 saturated heterocycles. The predicted octanol–water partition coefficient (Wildman–Crippen LogP) is 2.08. The molecule has 0 spiro atoms. The van der Waals surface area contributed by atoms with Gasteiger partial charge in [-0.05, 0) is 31.5 Å². The monoisotopic (exact) mass is 271 g/mol. The van der Waals surface area contributed by atoms with E-state index in [0.29, 0.717) is 24.7 Å².